The van der Waals surface area contributed by atoms with Gasteiger partial charge in [0.25, 0.3) is 0 Å². The first-order valence-electron chi connectivity index (χ1n) is 8.16. The number of hydrogen-bond donors (Lipinski definition) is 1. The van der Waals surface area contributed by atoms with Crippen molar-refractivity contribution in [2.45, 2.75) is 12.8 Å². The molecular formula is C19H19N3O3S. The van der Waals surface area contributed by atoms with Crippen molar-refractivity contribution in [3.05, 3.63) is 65.2 Å². The molecule has 0 radical (unpaired) electrons. The smallest absolute Gasteiger partial charge is 0.229 e. The summed E-state index contributed by atoms with van der Waals surface area (Å²) in [5.41, 5.74) is 1.16. The van der Waals surface area contributed by atoms with E-state index in [0.717, 1.165) is 10.6 Å². The van der Waals surface area contributed by atoms with Gasteiger partial charge in [0.1, 0.15) is 5.01 Å². The van der Waals surface area contributed by atoms with Crippen LogP contribution in [0.25, 0.3) is 0 Å². The third kappa shape index (κ3) is 5.03. The van der Waals surface area contributed by atoms with E-state index >= 15 is 0 Å². The Bertz CT molecular complexity index is 852. The lowest BCUT2D eigenvalue weighted by molar-refractivity contribution is -0.116. The fourth-order valence-corrected chi connectivity index (χ4v) is 3.11. The van der Waals surface area contributed by atoms with Crippen LogP contribution in [-0.2, 0) is 11.2 Å². The van der Waals surface area contributed by atoms with Crippen LogP contribution in [0.1, 0.15) is 17.0 Å². The van der Waals surface area contributed by atoms with E-state index in [0.29, 0.717) is 23.1 Å². The van der Waals surface area contributed by atoms with Gasteiger partial charge in [-0.25, -0.2) is 0 Å². The number of ether oxygens (including phenoxy) is 2. The van der Waals surface area contributed by atoms with E-state index in [2.05, 4.69) is 15.5 Å². The lowest BCUT2D eigenvalue weighted by Gasteiger charge is -2.09. The van der Waals surface area contributed by atoms with Gasteiger partial charge in [-0.3, -0.25) is 4.79 Å². The van der Waals surface area contributed by atoms with Crippen LogP contribution >= 0.6 is 11.3 Å². The van der Waals surface area contributed by atoms with Crippen molar-refractivity contribution in [2.75, 3.05) is 19.0 Å². The highest BCUT2D eigenvalue weighted by molar-refractivity contribution is 7.15. The summed E-state index contributed by atoms with van der Waals surface area (Å²) in [6.07, 6.45) is 0.914. The number of methoxy groups -OCH3 is 1. The fourth-order valence-electron chi connectivity index (χ4n) is 2.32. The van der Waals surface area contributed by atoms with E-state index in [4.69, 9.17) is 9.47 Å². The van der Waals surface area contributed by atoms with Gasteiger partial charge in [-0.05, 0) is 17.7 Å². The molecule has 0 unspecified atom stereocenters. The summed E-state index contributed by atoms with van der Waals surface area (Å²) in [6.45, 7) is 0.252. The molecule has 1 heterocycles. The van der Waals surface area contributed by atoms with Gasteiger partial charge in [0.2, 0.25) is 11.0 Å². The van der Waals surface area contributed by atoms with Gasteiger partial charge in [-0.15, -0.1) is 10.2 Å². The molecule has 3 aromatic rings. The lowest BCUT2D eigenvalue weighted by Crippen LogP contribution is -2.15. The Hall–Kier alpha value is -2.93. The molecule has 0 bridgehead atoms. The molecule has 0 fully saturated rings. The number of para-hydroxylation sites is 2. The van der Waals surface area contributed by atoms with E-state index in [-0.39, 0.29) is 18.9 Å². The maximum atomic E-state index is 12.0. The summed E-state index contributed by atoms with van der Waals surface area (Å²) in [5.74, 6) is 1.09. The second kappa shape index (κ2) is 8.96. The van der Waals surface area contributed by atoms with Crippen LogP contribution in [0.4, 0.5) is 5.13 Å². The van der Waals surface area contributed by atoms with Gasteiger partial charge < -0.3 is 14.8 Å². The summed E-state index contributed by atoms with van der Waals surface area (Å²) in [4.78, 5) is 12.0. The van der Waals surface area contributed by atoms with E-state index in [1.54, 1.807) is 13.2 Å². The summed E-state index contributed by atoms with van der Waals surface area (Å²) >= 11 is 1.38. The number of benzene rings is 2. The standard InChI is InChI=1S/C19H19N3O3S/c1-24-15-9-5-6-10-16(15)25-12-11-17(23)20-19-22-21-18(26-19)13-14-7-3-2-4-8-14/h2-10H,11-13H2,1H3,(H,20,22,23). The van der Waals surface area contributed by atoms with Crippen LogP contribution in [0.2, 0.25) is 0 Å². The zero-order valence-corrected chi connectivity index (χ0v) is 15.2. The van der Waals surface area contributed by atoms with Crippen LogP contribution in [0.15, 0.2) is 54.6 Å². The SMILES string of the molecule is COc1ccccc1OCCC(=O)Nc1nnc(Cc2ccccc2)s1. The molecule has 2 aromatic carbocycles. The molecule has 7 heteroatoms. The highest BCUT2D eigenvalue weighted by atomic mass is 32.1. The number of nitrogens with zero attached hydrogens (tertiary/aromatic N) is 2. The van der Waals surface area contributed by atoms with Crippen LogP contribution < -0.4 is 14.8 Å². The van der Waals surface area contributed by atoms with E-state index in [1.807, 2.05) is 48.5 Å². The molecule has 134 valence electrons. The second-order valence-corrected chi connectivity index (χ2v) is 6.52. The number of amides is 1. The molecule has 0 atom stereocenters. The third-order valence-corrected chi connectivity index (χ3v) is 4.41. The first-order chi connectivity index (χ1) is 12.7. The first-order valence-corrected chi connectivity index (χ1v) is 8.98. The Morgan fingerprint density at radius 3 is 2.54 bits per heavy atom. The van der Waals surface area contributed by atoms with Gasteiger partial charge >= 0.3 is 0 Å². The molecular weight excluding hydrogens is 350 g/mol. The number of rotatable bonds is 8. The van der Waals surface area contributed by atoms with Crippen molar-refractivity contribution in [3.63, 3.8) is 0 Å². The van der Waals surface area contributed by atoms with E-state index < -0.39 is 0 Å². The molecule has 0 aliphatic carbocycles. The number of anilines is 1. The summed E-state index contributed by atoms with van der Waals surface area (Å²) in [7, 11) is 1.58. The Labute approximate surface area is 155 Å². The molecule has 0 spiro atoms. The summed E-state index contributed by atoms with van der Waals surface area (Å²) in [5, 5.41) is 12.3. The predicted octanol–water partition coefficient (Wildman–Crippen LogP) is 3.55. The third-order valence-electron chi connectivity index (χ3n) is 3.57. The number of nitrogens with one attached hydrogen (secondary N) is 1. The van der Waals surface area contributed by atoms with Crippen molar-refractivity contribution in [1.82, 2.24) is 10.2 Å². The predicted molar refractivity (Wildman–Crippen MR) is 101 cm³/mol. The van der Waals surface area contributed by atoms with Crippen LogP contribution in [0.5, 0.6) is 11.5 Å². The Morgan fingerprint density at radius 1 is 1.04 bits per heavy atom. The van der Waals surface area contributed by atoms with Crippen molar-refractivity contribution in [3.8, 4) is 11.5 Å². The number of carbonyl (C=O) groups excluding carboxylic acids is 1. The summed E-state index contributed by atoms with van der Waals surface area (Å²) < 4.78 is 10.8. The molecule has 1 aromatic heterocycles. The van der Waals surface area contributed by atoms with Gasteiger partial charge in [-0.2, -0.15) is 0 Å². The van der Waals surface area contributed by atoms with Gasteiger partial charge in [0.05, 0.1) is 20.1 Å². The molecule has 3 rings (SSSR count). The quantitative estimate of drug-likeness (QED) is 0.657. The van der Waals surface area contributed by atoms with Crippen LogP contribution in [0.3, 0.4) is 0 Å². The first kappa shape index (κ1) is 17.9. The molecule has 0 aliphatic rings. The molecule has 1 N–H and O–H groups in total. The topological polar surface area (TPSA) is 73.3 Å². The van der Waals surface area contributed by atoms with Crippen LogP contribution in [0, 0.1) is 0 Å². The van der Waals surface area contributed by atoms with Crippen molar-refractivity contribution in [1.29, 1.82) is 0 Å². The zero-order chi connectivity index (χ0) is 18.2. The van der Waals surface area contributed by atoms with Crippen molar-refractivity contribution >= 4 is 22.4 Å². The normalized spacial score (nSPS) is 10.3. The maximum absolute atomic E-state index is 12.0. The summed E-state index contributed by atoms with van der Waals surface area (Å²) in [6, 6.07) is 17.4. The molecule has 0 saturated carbocycles. The van der Waals surface area contributed by atoms with Gasteiger partial charge in [0.15, 0.2) is 11.5 Å². The van der Waals surface area contributed by atoms with Crippen LogP contribution in [-0.4, -0.2) is 29.8 Å². The minimum atomic E-state index is -0.165. The minimum absolute atomic E-state index is 0.165. The lowest BCUT2D eigenvalue weighted by atomic mass is 10.2. The molecule has 0 aliphatic heterocycles. The molecule has 26 heavy (non-hydrogen) atoms. The second-order valence-electron chi connectivity index (χ2n) is 5.46. The maximum Gasteiger partial charge on any atom is 0.229 e. The largest absolute Gasteiger partial charge is 0.493 e. The highest BCUT2D eigenvalue weighted by Gasteiger charge is 2.10. The average Bonchev–Trinajstić information content (AvgIpc) is 3.09. The molecule has 1 amide bonds. The zero-order valence-electron chi connectivity index (χ0n) is 14.3. The van der Waals surface area contributed by atoms with Crippen molar-refractivity contribution < 1.29 is 14.3 Å². The molecule has 6 nitrogen and oxygen atoms in total. The molecule has 0 saturated heterocycles. The monoisotopic (exact) mass is 369 g/mol. The highest BCUT2D eigenvalue weighted by Crippen LogP contribution is 2.25. The number of hydrogen-bond acceptors (Lipinski definition) is 6. The van der Waals surface area contributed by atoms with E-state index in [1.165, 1.54) is 11.3 Å². The average molecular weight is 369 g/mol. The minimum Gasteiger partial charge on any atom is -0.493 e. The van der Waals surface area contributed by atoms with Gasteiger partial charge in [0, 0.05) is 6.42 Å². The Balaban J connectivity index is 1.46. The Kier molecular flexibility index (Phi) is 6.16. The Morgan fingerprint density at radius 2 is 1.77 bits per heavy atom. The van der Waals surface area contributed by atoms with Crippen molar-refractivity contribution in [2.24, 2.45) is 0 Å². The van der Waals surface area contributed by atoms with E-state index in [9.17, 15) is 4.79 Å². The number of aromatic nitrogens is 2. The fraction of sp³-hybridized carbons (Fsp3) is 0.211. The number of carbonyl (C=O) groups is 1. The van der Waals surface area contributed by atoms with Gasteiger partial charge in [-0.1, -0.05) is 53.8 Å².